The fourth-order valence-corrected chi connectivity index (χ4v) is 4.55. The molecule has 4 aromatic rings. The molecule has 3 aromatic carbocycles. The summed E-state index contributed by atoms with van der Waals surface area (Å²) >= 11 is 0. The van der Waals surface area contributed by atoms with Crippen LogP contribution in [0.5, 0.6) is 5.75 Å². The van der Waals surface area contributed by atoms with Gasteiger partial charge in [0.15, 0.2) is 11.3 Å². The molecular formula is C28H23F4NO2. The molecule has 0 aliphatic carbocycles. The van der Waals surface area contributed by atoms with Crippen molar-refractivity contribution in [1.29, 1.82) is 0 Å². The van der Waals surface area contributed by atoms with Crippen molar-refractivity contribution in [3.05, 3.63) is 95.3 Å². The molecular weight excluding hydrogens is 458 g/mol. The monoisotopic (exact) mass is 481 g/mol. The van der Waals surface area contributed by atoms with Crippen molar-refractivity contribution in [1.82, 2.24) is 4.90 Å². The van der Waals surface area contributed by atoms with Gasteiger partial charge in [-0.1, -0.05) is 42.5 Å². The summed E-state index contributed by atoms with van der Waals surface area (Å²) in [4.78, 5) is 2.25. The summed E-state index contributed by atoms with van der Waals surface area (Å²) in [5.41, 5.74) is 2.81. The Balaban J connectivity index is 1.45. The van der Waals surface area contributed by atoms with E-state index in [2.05, 4.69) is 11.0 Å². The number of benzene rings is 3. The van der Waals surface area contributed by atoms with E-state index in [0.29, 0.717) is 24.4 Å². The van der Waals surface area contributed by atoms with Crippen LogP contribution in [-0.2, 0) is 12.7 Å². The lowest BCUT2D eigenvalue weighted by Gasteiger charge is -2.26. The maximum absolute atomic E-state index is 13.6. The van der Waals surface area contributed by atoms with Crippen molar-refractivity contribution >= 4 is 16.5 Å². The number of hydrogen-bond acceptors (Lipinski definition) is 3. The Bertz CT molecular complexity index is 1390. The van der Waals surface area contributed by atoms with Crippen molar-refractivity contribution in [2.45, 2.75) is 19.1 Å². The molecule has 0 radical (unpaired) electrons. The van der Waals surface area contributed by atoms with Gasteiger partial charge in [-0.3, -0.25) is 4.90 Å². The van der Waals surface area contributed by atoms with E-state index in [1.807, 2.05) is 6.07 Å². The first kappa shape index (κ1) is 23.2. The number of ether oxygens (including phenoxy) is 1. The van der Waals surface area contributed by atoms with Gasteiger partial charge in [-0.25, -0.2) is 4.39 Å². The van der Waals surface area contributed by atoms with Crippen LogP contribution in [0.4, 0.5) is 17.6 Å². The zero-order valence-corrected chi connectivity index (χ0v) is 19.0. The second-order valence-electron chi connectivity index (χ2n) is 8.55. The highest BCUT2D eigenvalue weighted by Gasteiger charge is 2.34. The highest BCUT2D eigenvalue weighted by Crippen LogP contribution is 2.41. The molecule has 1 aromatic heterocycles. The molecule has 0 saturated heterocycles. The summed E-state index contributed by atoms with van der Waals surface area (Å²) in [6, 6.07) is 17.3. The van der Waals surface area contributed by atoms with Gasteiger partial charge in [0.25, 0.3) is 0 Å². The molecule has 1 aliphatic heterocycles. The topological polar surface area (TPSA) is 25.6 Å². The number of fused-ring (bicyclic) bond motifs is 1. The molecule has 0 saturated carbocycles. The number of methoxy groups -OCH3 is 1. The fourth-order valence-electron chi connectivity index (χ4n) is 4.55. The van der Waals surface area contributed by atoms with Crippen LogP contribution >= 0.6 is 0 Å². The minimum Gasteiger partial charge on any atom is -0.493 e. The van der Waals surface area contributed by atoms with Gasteiger partial charge >= 0.3 is 6.18 Å². The average Bonchev–Trinajstić information content (AvgIpc) is 3.31. The zero-order chi connectivity index (χ0) is 24.6. The van der Waals surface area contributed by atoms with Crippen molar-refractivity contribution in [2.75, 3.05) is 20.2 Å². The molecule has 2 heterocycles. The summed E-state index contributed by atoms with van der Waals surface area (Å²) in [7, 11) is 1.51. The Morgan fingerprint density at radius 1 is 1.00 bits per heavy atom. The van der Waals surface area contributed by atoms with Gasteiger partial charge in [-0.15, -0.1) is 0 Å². The highest BCUT2D eigenvalue weighted by molar-refractivity contribution is 5.90. The highest BCUT2D eigenvalue weighted by atomic mass is 19.4. The first-order valence-electron chi connectivity index (χ1n) is 11.3. The van der Waals surface area contributed by atoms with Gasteiger partial charge in [-0.2, -0.15) is 13.2 Å². The normalized spacial score (nSPS) is 14.8. The molecule has 0 spiro atoms. The fraction of sp³-hybridized carbons (Fsp3) is 0.214. The van der Waals surface area contributed by atoms with Crippen LogP contribution in [0, 0.1) is 5.82 Å². The summed E-state index contributed by atoms with van der Waals surface area (Å²) in [5.74, 6) is 0.361. The van der Waals surface area contributed by atoms with E-state index in [0.717, 1.165) is 35.5 Å². The molecule has 7 heteroatoms. The third kappa shape index (κ3) is 4.68. The smallest absolute Gasteiger partial charge is 0.417 e. The van der Waals surface area contributed by atoms with E-state index in [1.165, 1.54) is 36.9 Å². The van der Waals surface area contributed by atoms with Gasteiger partial charge in [-0.05, 0) is 53.5 Å². The molecule has 1 aliphatic rings. The van der Waals surface area contributed by atoms with Crippen LogP contribution in [0.1, 0.15) is 23.1 Å². The molecule has 0 N–H and O–H groups in total. The van der Waals surface area contributed by atoms with Crippen LogP contribution in [-0.4, -0.2) is 25.1 Å². The number of rotatable bonds is 5. The number of nitrogens with zero attached hydrogens (tertiary/aromatic N) is 1. The Morgan fingerprint density at radius 2 is 1.77 bits per heavy atom. The summed E-state index contributed by atoms with van der Waals surface area (Å²) in [6.07, 6.45) is -1.54. The standard InChI is InChI=1S/C28H23F4NO2/c1-34-25-11-8-20(17-33-14-12-19(13-15-33)18-6-9-21(29)10-7-18)23-16-26(35-27(23)25)22-4-2-3-5-24(22)28(30,31)32/h2-12,16H,13-15,17H2,1H3. The van der Waals surface area contributed by atoms with Crippen molar-refractivity contribution in [3.8, 4) is 17.1 Å². The molecule has 0 fully saturated rings. The molecule has 0 unspecified atom stereocenters. The second-order valence-corrected chi connectivity index (χ2v) is 8.55. The Kier molecular flexibility index (Phi) is 6.11. The van der Waals surface area contributed by atoms with Crippen LogP contribution in [0.15, 0.2) is 77.2 Å². The Hall–Kier alpha value is -3.58. The average molecular weight is 481 g/mol. The maximum atomic E-state index is 13.6. The third-order valence-corrected chi connectivity index (χ3v) is 6.36. The van der Waals surface area contributed by atoms with Crippen molar-refractivity contribution in [2.24, 2.45) is 0 Å². The third-order valence-electron chi connectivity index (χ3n) is 6.36. The number of alkyl halides is 3. The SMILES string of the molecule is COc1ccc(CN2CC=C(c3ccc(F)cc3)CC2)c2cc(-c3ccccc3C(F)(F)F)oc12. The lowest BCUT2D eigenvalue weighted by atomic mass is 9.99. The minimum atomic E-state index is -4.50. The lowest BCUT2D eigenvalue weighted by Crippen LogP contribution is -2.28. The van der Waals surface area contributed by atoms with Gasteiger partial charge in [0.2, 0.25) is 0 Å². The van der Waals surface area contributed by atoms with E-state index in [1.54, 1.807) is 30.3 Å². The van der Waals surface area contributed by atoms with Crippen LogP contribution in [0.2, 0.25) is 0 Å². The Labute approximate surface area is 200 Å². The Morgan fingerprint density at radius 3 is 2.46 bits per heavy atom. The largest absolute Gasteiger partial charge is 0.493 e. The van der Waals surface area contributed by atoms with Crippen LogP contribution in [0.25, 0.3) is 27.9 Å². The predicted molar refractivity (Wildman–Crippen MR) is 127 cm³/mol. The van der Waals surface area contributed by atoms with E-state index in [9.17, 15) is 17.6 Å². The molecule has 0 bridgehead atoms. The first-order chi connectivity index (χ1) is 16.8. The van der Waals surface area contributed by atoms with Crippen molar-refractivity contribution < 1.29 is 26.7 Å². The maximum Gasteiger partial charge on any atom is 0.417 e. The molecule has 180 valence electrons. The number of furan rings is 1. The molecule has 0 atom stereocenters. The summed E-state index contributed by atoms with van der Waals surface area (Å²) in [5, 5.41) is 0.727. The minimum absolute atomic E-state index is 0.00551. The van der Waals surface area contributed by atoms with Gasteiger partial charge in [0, 0.05) is 30.6 Å². The van der Waals surface area contributed by atoms with Crippen LogP contribution < -0.4 is 4.74 Å². The second kappa shape index (κ2) is 9.23. The molecule has 5 rings (SSSR count). The van der Waals surface area contributed by atoms with E-state index in [-0.39, 0.29) is 17.1 Å². The van der Waals surface area contributed by atoms with Gasteiger partial charge < -0.3 is 9.15 Å². The molecule has 0 amide bonds. The number of halogens is 4. The van der Waals surface area contributed by atoms with Crippen LogP contribution in [0.3, 0.4) is 0 Å². The lowest BCUT2D eigenvalue weighted by molar-refractivity contribution is -0.137. The summed E-state index contributed by atoms with van der Waals surface area (Å²) < 4.78 is 65.4. The van der Waals surface area contributed by atoms with Crippen molar-refractivity contribution in [3.63, 3.8) is 0 Å². The number of hydrogen-bond donors (Lipinski definition) is 0. The molecule has 35 heavy (non-hydrogen) atoms. The molecule has 3 nitrogen and oxygen atoms in total. The first-order valence-corrected chi connectivity index (χ1v) is 11.3. The van der Waals surface area contributed by atoms with Gasteiger partial charge in [0.05, 0.1) is 12.7 Å². The quantitative estimate of drug-likeness (QED) is 0.275. The van der Waals surface area contributed by atoms with Gasteiger partial charge in [0.1, 0.15) is 11.6 Å². The van der Waals surface area contributed by atoms with E-state index >= 15 is 0 Å². The van der Waals surface area contributed by atoms with E-state index in [4.69, 9.17) is 9.15 Å². The zero-order valence-electron chi connectivity index (χ0n) is 19.0. The summed E-state index contributed by atoms with van der Waals surface area (Å²) in [6.45, 7) is 2.12. The predicted octanol–water partition coefficient (Wildman–Crippen LogP) is 7.56. The van der Waals surface area contributed by atoms with E-state index < -0.39 is 11.7 Å².